The number of carbonyl (C=O) groups is 1. The Balaban J connectivity index is 1.68. The molecule has 0 aromatic heterocycles. The summed E-state index contributed by atoms with van der Waals surface area (Å²) < 4.78 is 11.1. The molecule has 2 rings (SSSR count). The van der Waals surface area contributed by atoms with E-state index in [9.17, 15) is 9.90 Å². The lowest BCUT2D eigenvalue weighted by Gasteiger charge is -2.25. The zero-order valence-electron chi connectivity index (χ0n) is 14.0. The minimum Gasteiger partial charge on any atom is -0.507 e. The van der Waals surface area contributed by atoms with Crippen molar-refractivity contribution in [3.8, 4) is 11.5 Å². The molecular weight excluding hydrogens is 376 g/mol. The zero-order chi connectivity index (χ0) is 17.4. The molecule has 0 aliphatic carbocycles. The molecule has 1 heterocycles. The molecule has 1 aliphatic heterocycles. The highest BCUT2D eigenvalue weighted by Crippen LogP contribution is 2.32. The van der Waals surface area contributed by atoms with Crippen molar-refractivity contribution >= 4 is 22.0 Å². The number of hydrogen-bond acceptors (Lipinski definition) is 5. The van der Waals surface area contributed by atoms with E-state index in [0.29, 0.717) is 29.8 Å². The summed E-state index contributed by atoms with van der Waals surface area (Å²) in [4.78, 5) is 14.0. The highest BCUT2D eigenvalue weighted by molar-refractivity contribution is 9.10. The van der Waals surface area contributed by atoms with E-state index in [1.54, 1.807) is 19.2 Å². The van der Waals surface area contributed by atoms with Crippen LogP contribution in [0, 0.1) is 0 Å². The minimum absolute atomic E-state index is 0.148. The van der Waals surface area contributed by atoms with Gasteiger partial charge >= 0.3 is 6.09 Å². The number of phenolic OH excluding ortho intramolecular Hbond substituents is 1. The highest BCUT2D eigenvalue weighted by Gasteiger charge is 2.11. The Bertz CT molecular complexity index is 548. The van der Waals surface area contributed by atoms with Gasteiger partial charge in [0.15, 0.2) is 0 Å². The number of ether oxygens (including phenoxy) is 2. The molecule has 6 nitrogen and oxygen atoms in total. The summed E-state index contributed by atoms with van der Waals surface area (Å²) >= 11 is 3.25. The number of amides is 1. The van der Waals surface area contributed by atoms with E-state index in [0.717, 1.165) is 25.2 Å². The summed E-state index contributed by atoms with van der Waals surface area (Å²) in [6.07, 6.45) is 3.90. The molecule has 1 aliphatic rings. The Morgan fingerprint density at radius 2 is 2.08 bits per heavy atom. The van der Waals surface area contributed by atoms with Crippen LogP contribution >= 0.6 is 15.9 Å². The number of halogens is 1. The van der Waals surface area contributed by atoms with Crippen molar-refractivity contribution in [1.82, 2.24) is 10.2 Å². The van der Waals surface area contributed by atoms with Crippen LogP contribution in [0.15, 0.2) is 16.6 Å². The van der Waals surface area contributed by atoms with Crippen LogP contribution < -0.4 is 10.1 Å². The minimum atomic E-state index is -0.410. The predicted molar refractivity (Wildman–Crippen MR) is 95.7 cm³/mol. The molecule has 0 radical (unpaired) electrons. The van der Waals surface area contributed by atoms with Crippen LogP contribution in [0.25, 0.3) is 0 Å². The average molecular weight is 401 g/mol. The molecule has 1 amide bonds. The summed E-state index contributed by atoms with van der Waals surface area (Å²) in [6, 6.07) is 3.34. The Kier molecular flexibility index (Phi) is 7.65. The standard InChI is InChI=1S/C17H25BrN2O4/c1-23-16-12-14(18)15(21)11-13(16)5-6-19-17(22)24-10-9-20-7-3-2-4-8-20/h11-12,21H,2-10H2,1H3,(H,19,22). The molecule has 0 bridgehead atoms. The second-order valence-corrected chi connectivity index (χ2v) is 6.68. The third-order valence-electron chi connectivity index (χ3n) is 4.10. The van der Waals surface area contributed by atoms with Crippen molar-refractivity contribution in [2.24, 2.45) is 0 Å². The maximum Gasteiger partial charge on any atom is 0.407 e. The predicted octanol–water partition coefficient (Wildman–Crippen LogP) is 2.92. The van der Waals surface area contributed by atoms with Crippen LogP contribution in [0.2, 0.25) is 0 Å². The number of likely N-dealkylation sites (tertiary alicyclic amines) is 1. The lowest BCUT2D eigenvalue weighted by molar-refractivity contribution is 0.121. The van der Waals surface area contributed by atoms with Crippen molar-refractivity contribution in [2.45, 2.75) is 25.7 Å². The third-order valence-corrected chi connectivity index (χ3v) is 4.74. The summed E-state index contributed by atoms with van der Waals surface area (Å²) in [5.74, 6) is 0.815. The van der Waals surface area contributed by atoms with Crippen LogP contribution in [0.5, 0.6) is 11.5 Å². The van der Waals surface area contributed by atoms with Gasteiger partial charge in [0.25, 0.3) is 0 Å². The van der Waals surface area contributed by atoms with Gasteiger partial charge in [-0.05, 0) is 66.0 Å². The fraction of sp³-hybridized carbons (Fsp3) is 0.588. The van der Waals surface area contributed by atoms with E-state index < -0.39 is 6.09 Å². The molecule has 0 saturated carbocycles. The number of carbonyl (C=O) groups excluding carboxylic acids is 1. The maximum atomic E-state index is 11.7. The lowest BCUT2D eigenvalue weighted by atomic mass is 10.1. The lowest BCUT2D eigenvalue weighted by Crippen LogP contribution is -2.34. The van der Waals surface area contributed by atoms with Gasteiger partial charge < -0.3 is 19.9 Å². The van der Waals surface area contributed by atoms with Crippen molar-refractivity contribution in [2.75, 3.05) is 39.9 Å². The Morgan fingerprint density at radius 3 is 2.79 bits per heavy atom. The number of hydrogen-bond donors (Lipinski definition) is 2. The molecular formula is C17H25BrN2O4. The topological polar surface area (TPSA) is 71.0 Å². The molecule has 0 atom stereocenters. The first-order valence-electron chi connectivity index (χ1n) is 8.28. The number of aromatic hydroxyl groups is 1. The van der Waals surface area contributed by atoms with E-state index in [-0.39, 0.29) is 5.75 Å². The smallest absolute Gasteiger partial charge is 0.407 e. The first kappa shape index (κ1) is 18.9. The maximum absolute atomic E-state index is 11.7. The molecule has 0 unspecified atom stereocenters. The van der Waals surface area contributed by atoms with Crippen molar-refractivity contribution in [1.29, 1.82) is 0 Å². The summed E-state index contributed by atoms with van der Waals surface area (Å²) in [5.41, 5.74) is 0.826. The van der Waals surface area contributed by atoms with Gasteiger partial charge in [0.1, 0.15) is 18.1 Å². The molecule has 1 fully saturated rings. The monoisotopic (exact) mass is 400 g/mol. The molecule has 1 aromatic carbocycles. The fourth-order valence-electron chi connectivity index (χ4n) is 2.77. The van der Waals surface area contributed by atoms with E-state index in [1.165, 1.54) is 19.3 Å². The van der Waals surface area contributed by atoms with Gasteiger partial charge in [-0.25, -0.2) is 4.79 Å². The number of piperidine rings is 1. The van der Waals surface area contributed by atoms with Crippen LogP contribution in [0.4, 0.5) is 4.79 Å². The first-order valence-corrected chi connectivity index (χ1v) is 9.08. The normalized spacial score (nSPS) is 15.1. The number of benzene rings is 1. The summed E-state index contributed by atoms with van der Waals surface area (Å²) in [7, 11) is 1.57. The second-order valence-electron chi connectivity index (χ2n) is 5.83. The van der Waals surface area contributed by atoms with Gasteiger partial charge in [-0.1, -0.05) is 6.42 Å². The molecule has 24 heavy (non-hydrogen) atoms. The summed E-state index contributed by atoms with van der Waals surface area (Å²) in [5, 5.41) is 12.5. The summed E-state index contributed by atoms with van der Waals surface area (Å²) in [6.45, 7) is 3.81. The van der Waals surface area contributed by atoms with Gasteiger partial charge in [0, 0.05) is 13.1 Å². The number of nitrogens with zero attached hydrogens (tertiary/aromatic N) is 1. The van der Waals surface area contributed by atoms with Gasteiger partial charge in [0.2, 0.25) is 0 Å². The van der Waals surface area contributed by atoms with Gasteiger partial charge in [-0.3, -0.25) is 4.90 Å². The SMILES string of the molecule is COc1cc(Br)c(O)cc1CCNC(=O)OCCN1CCCCC1. The van der Waals surface area contributed by atoms with Crippen molar-refractivity contribution in [3.63, 3.8) is 0 Å². The molecule has 134 valence electrons. The Labute approximate surface area is 151 Å². The van der Waals surface area contributed by atoms with E-state index in [1.807, 2.05) is 0 Å². The molecule has 7 heteroatoms. The van der Waals surface area contributed by atoms with E-state index in [2.05, 4.69) is 26.1 Å². The fourth-order valence-corrected chi connectivity index (χ4v) is 3.10. The molecule has 2 N–H and O–H groups in total. The zero-order valence-corrected chi connectivity index (χ0v) is 15.6. The number of phenols is 1. The second kappa shape index (κ2) is 9.74. The molecule has 0 spiro atoms. The Morgan fingerprint density at radius 1 is 1.33 bits per heavy atom. The number of rotatable bonds is 7. The van der Waals surface area contributed by atoms with Crippen LogP contribution in [-0.2, 0) is 11.2 Å². The van der Waals surface area contributed by atoms with Crippen LogP contribution in [-0.4, -0.2) is 56.0 Å². The third kappa shape index (κ3) is 5.87. The number of nitrogens with one attached hydrogen (secondary N) is 1. The van der Waals surface area contributed by atoms with Crippen molar-refractivity contribution < 1.29 is 19.4 Å². The highest BCUT2D eigenvalue weighted by atomic mass is 79.9. The van der Waals surface area contributed by atoms with E-state index in [4.69, 9.17) is 9.47 Å². The average Bonchev–Trinajstić information content (AvgIpc) is 2.58. The largest absolute Gasteiger partial charge is 0.507 e. The van der Waals surface area contributed by atoms with Crippen LogP contribution in [0.1, 0.15) is 24.8 Å². The van der Waals surface area contributed by atoms with Crippen LogP contribution in [0.3, 0.4) is 0 Å². The van der Waals surface area contributed by atoms with E-state index >= 15 is 0 Å². The van der Waals surface area contributed by atoms with Gasteiger partial charge in [-0.15, -0.1) is 0 Å². The number of alkyl carbamates (subject to hydrolysis) is 1. The van der Waals surface area contributed by atoms with Crippen molar-refractivity contribution in [3.05, 3.63) is 22.2 Å². The van der Waals surface area contributed by atoms with Gasteiger partial charge in [0.05, 0.1) is 11.6 Å². The number of methoxy groups -OCH3 is 1. The molecule has 1 saturated heterocycles. The Hall–Kier alpha value is -1.47. The first-order chi connectivity index (χ1) is 11.6. The van der Waals surface area contributed by atoms with Gasteiger partial charge in [-0.2, -0.15) is 0 Å². The molecule has 1 aromatic rings. The quantitative estimate of drug-likeness (QED) is 0.735.